The number of unbranched alkanes of at least 4 members (excludes halogenated alkanes) is 1. The van der Waals surface area contributed by atoms with Crippen molar-refractivity contribution in [2.45, 2.75) is 38.1 Å². The molecule has 0 aliphatic heterocycles. The molecule has 5 nitrogen and oxygen atoms in total. The van der Waals surface area contributed by atoms with Gasteiger partial charge in [-0.05, 0) is 25.7 Å². The molecule has 0 unspecified atom stereocenters. The highest BCUT2D eigenvalue weighted by Crippen LogP contribution is 2.18. The summed E-state index contributed by atoms with van der Waals surface area (Å²) in [7, 11) is 1.38. The highest BCUT2D eigenvalue weighted by Gasteiger charge is 2.22. The molecule has 1 rings (SSSR count). The normalized spacial score (nSPS) is 14.5. The third-order valence-corrected chi connectivity index (χ3v) is 2.23. The molecule has 2 N–H and O–H groups in total. The molecule has 0 atom stereocenters. The molecule has 0 aromatic carbocycles. The van der Waals surface area contributed by atoms with Crippen LogP contribution < -0.4 is 10.6 Å². The van der Waals surface area contributed by atoms with Crippen molar-refractivity contribution in [1.29, 1.82) is 0 Å². The zero-order chi connectivity index (χ0) is 11.1. The van der Waals surface area contributed by atoms with Crippen LogP contribution in [0.5, 0.6) is 0 Å². The van der Waals surface area contributed by atoms with Crippen LogP contribution in [0.3, 0.4) is 0 Å². The third kappa shape index (κ3) is 5.93. The number of methoxy groups -OCH3 is 1. The highest BCUT2D eigenvalue weighted by molar-refractivity contribution is 5.74. The summed E-state index contributed by atoms with van der Waals surface area (Å²) in [5.74, 6) is -0.197. The SMILES string of the molecule is COC(=O)CCCCNC(=O)NC1CC1. The van der Waals surface area contributed by atoms with E-state index in [4.69, 9.17) is 0 Å². The largest absolute Gasteiger partial charge is 0.469 e. The number of urea groups is 1. The second kappa shape index (κ2) is 6.27. The van der Waals surface area contributed by atoms with Gasteiger partial charge >= 0.3 is 12.0 Å². The average Bonchev–Trinajstić information content (AvgIpc) is 3.00. The topological polar surface area (TPSA) is 67.4 Å². The number of nitrogens with one attached hydrogen (secondary N) is 2. The van der Waals surface area contributed by atoms with Crippen LogP contribution in [0, 0.1) is 0 Å². The van der Waals surface area contributed by atoms with Gasteiger partial charge in [-0.15, -0.1) is 0 Å². The zero-order valence-corrected chi connectivity index (χ0v) is 9.04. The maximum atomic E-state index is 11.1. The van der Waals surface area contributed by atoms with Gasteiger partial charge in [0.1, 0.15) is 0 Å². The van der Waals surface area contributed by atoms with Crippen LogP contribution in [0.15, 0.2) is 0 Å². The zero-order valence-electron chi connectivity index (χ0n) is 9.04. The molecule has 1 fully saturated rings. The van der Waals surface area contributed by atoms with Crippen molar-refractivity contribution in [3.63, 3.8) is 0 Å². The lowest BCUT2D eigenvalue weighted by atomic mass is 10.2. The standard InChI is InChI=1S/C10H18N2O3/c1-15-9(13)4-2-3-7-11-10(14)12-8-5-6-8/h8H,2-7H2,1H3,(H2,11,12,14). The molecule has 15 heavy (non-hydrogen) atoms. The lowest BCUT2D eigenvalue weighted by Gasteiger charge is -2.05. The van der Waals surface area contributed by atoms with Crippen molar-refractivity contribution < 1.29 is 14.3 Å². The Bertz CT molecular complexity index is 227. The first kappa shape index (κ1) is 11.8. The number of carbonyl (C=O) groups excluding carboxylic acids is 2. The molecule has 0 aromatic heterocycles. The summed E-state index contributed by atoms with van der Waals surface area (Å²) < 4.78 is 4.50. The maximum absolute atomic E-state index is 11.1. The molecule has 0 heterocycles. The van der Waals surface area contributed by atoms with E-state index in [-0.39, 0.29) is 12.0 Å². The maximum Gasteiger partial charge on any atom is 0.315 e. The van der Waals surface area contributed by atoms with E-state index in [9.17, 15) is 9.59 Å². The summed E-state index contributed by atoms with van der Waals surface area (Å²) in [5.41, 5.74) is 0. The molecule has 86 valence electrons. The van der Waals surface area contributed by atoms with Gasteiger partial charge in [-0.2, -0.15) is 0 Å². The van der Waals surface area contributed by atoms with Crippen molar-refractivity contribution in [2.75, 3.05) is 13.7 Å². The number of carbonyl (C=O) groups is 2. The fourth-order valence-corrected chi connectivity index (χ4v) is 1.16. The van der Waals surface area contributed by atoms with Gasteiger partial charge in [0.2, 0.25) is 0 Å². The first-order valence-electron chi connectivity index (χ1n) is 5.33. The average molecular weight is 214 g/mol. The molecular weight excluding hydrogens is 196 g/mol. The monoisotopic (exact) mass is 214 g/mol. The summed E-state index contributed by atoms with van der Waals surface area (Å²) in [4.78, 5) is 21.9. The number of amides is 2. The molecule has 1 saturated carbocycles. The quantitative estimate of drug-likeness (QED) is 0.507. The van der Waals surface area contributed by atoms with Gasteiger partial charge in [0.15, 0.2) is 0 Å². The number of esters is 1. The number of ether oxygens (including phenoxy) is 1. The predicted molar refractivity (Wildman–Crippen MR) is 55.4 cm³/mol. The number of hydrogen-bond acceptors (Lipinski definition) is 3. The fourth-order valence-electron chi connectivity index (χ4n) is 1.16. The minimum atomic E-state index is -0.197. The van der Waals surface area contributed by atoms with Gasteiger partial charge in [0.05, 0.1) is 7.11 Å². The Hall–Kier alpha value is -1.26. The lowest BCUT2D eigenvalue weighted by Crippen LogP contribution is -2.37. The Labute approximate surface area is 89.6 Å². The Morgan fingerprint density at radius 1 is 1.33 bits per heavy atom. The van der Waals surface area contributed by atoms with Crippen LogP contribution in [0.4, 0.5) is 4.79 Å². The van der Waals surface area contributed by atoms with E-state index in [1.54, 1.807) is 0 Å². The Balaban J connectivity index is 1.87. The molecule has 0 bridgehead atoms. The van der Waals surface area contributed by atoms with E-state index in [1.807, 2.05) is 0 Å². The van der Waals surface area contributed by atoms with Crippen LogP contribution in [0.2, 0.25) is 0 Å². The number of hydrogen-bond donors (Lipinski definition) is 2. The van der Waals surface area contributed by atoms with Gasteiger partial charge in [0.25, 0.3) is 0 Å². The summed E-state index contributed by atoms with van der Waals surface area (Å²) in [6.07, 6.45) is 4.15. The van der Waals surface area contributed by atoms with Crippen LogP contribution in [0.25, 0.3) is 0 Å². The Kier molecular flexibility index (Phi) is 4.93. The van der Waals surface area contributed by atoms with Crippen molar-refractivity contribution in [3.8, 4) is 0 Å². The molecule has 2 amide bonds. The molecule has 1 aliphatic carbocycles. The van der Waals surface area contributed by atoms with Gasteiger partial charge in [0, 0.05) is 19.0 Å². The minimum Gasteiger partial charge on any atom is -0.469 e. The Morgan fingerprint density at radius 3 is 2.67 bits per heavy atom. The van der Waals surface area contributed by atoms with Crippen molar-refractivity contribution in [3.05, 3.63) is 0 Å². The first-order valence-corrected chi connectivity index (χ1v) is 5.33. The van der Waals surface area contributed by atoms with E-state index in [1.165, 1.54) is 7.11 Å². The van der Waals surface area contributed by atoms with Gasteiger partial charge in [-0.1, -0.05) is 0 Å². The molecule has 0 aromatic rings. The summed E-state index contributed by atoms with van der Waals surface area (Å²) in [6.45, 7) is 0.607. The van der Waals surface area contributed by atoms with Gasteiger partial charge in [-0.3, -0.25) is 4.79 Å². The molecule has 0 radical (unpaired) electrons. The molecule has 5 heteroatoms. The molecule has 0 saturated heterocycles. The second-order valence-corrected chi connectivity index (χ2v) is 3.71. The van der Waals surface area contributed by atoms with Crippen LogP contribution in [-0.2, 0) is 9.53 Å². The number of rotatable bonds is 6. The second-order valence-electron chi connectivity index (χ2n) is 3.71. The summed E-state index contributed by atoms with van der Waals surface area (Å²) in [6, 6.07) is 0.288. The minimum absolute atomic E-state index is 0.101. The van der Waals surface area contributed by atoms with Crippen LogP contribution in [-0.4, -0.2) is 31.7 Å². The molecular formula is C10H18N2O3. The smallest absolute Gasteiger partial charge is 0.315 e. The van der Waals surface area contributed by atoms with Crippen molar-refractivity contribution in [2.24, 2.45) is 0 Å². The van der Waals surface area contributed by atoms with Crippen molar-refractivity contribution >= 4 is 12.0 Å². The van der Waals surface area contributed by atoms with E-state index in [2.05, 4.69) is 15.4 Å². The van der Waals surface area contributed by atoms with Crippen LogP contribution in [0.1, 0.15) is 32.1 Å². The van der Waals surface area contributed by atoms with Gasteiger partial charge in [-0.25, -0.2) is 4.79 Å². The third-order valence-electron chi connectivity index (χ3n) is 2.23. The Morgan fingerprint density at radius 2 is 2.07 bits per heavy atom. The van der Waals surface area contributed by atoms with Crippen molar-refractivity contribution in [1.82, 2.24) is 10.6 Å². The summed E-state index contributed by atoms with van der Waals surface area (Å²) >= 11 is 0. The van der Waals surface area contributed by atoms with E-state index >= 15 is 0 Å². The molecule has 0 spiro atoms. The van der Waals surface area contributed by atoms with E-state index in [0.29, 0.717) is 19.0 Å². The highest BCUT2D eigenvalue weighted by atomic mass is 16.5. The van der Waals surface area contributed by atoms with Gasteiger partial charge < -0.3 is 15.4 Å². The predicted octanol–water partition coefficient (Wildman–Crippen LogP) is 0.791. The van der Waals surface area contributed by atoms with E-state index in [0.717, 1.165) is 25.7 Å². The van der Waals surface area contributed by atoms with Crippen LogP contribution >= 0.6 is 0 Å². The van der Waals surface area contributed by atoms with E-state index < -0.39 is 0 Å². The molecule has 1 aliphatic rings. The lowest BCUT2D eigenvalue weighted by molar-refractivity contribution is -0.140. The first-order chi connectivity index (χ1) is 7.22. The summed E-state index contributed by atoms with van der Waals surface area (Å²) in [5, 5.41) is 5.57. The fraction of sp³-hybridized carbons (Fsp3) is 0.800.